The van der Waals surface area contributed by atoms with Crippen molar-refractivity contribution in [3.05, 3.63) is 123 Å². The molecule has 1 N–H and O–H groups in total. The Balaban J connectivity index is 1.45. The van der Waals surface area contributed by atoms with Gasteiger partial charge in [-0.05, 0) is 47.0 Å². The molecule has 190 valence electrons. The first-order valence-electron chi connectivity index (χ1n) is 11.4. The molecule has 6 nitrogen and oxygen atoms in total. The van der Waals surface area contributed by atoms with Crippen LogP contribution in [0, 0.1) is 5.82 Å². The number of hydrogen-bond acceptors (Lipinski definition) is 7. The average molecular weight is 609 g/mol. The fourth-order valence-corrected chi connectivity index (χ4v) is 6.20. The highest BCUT2D eigenvalue weighted by Crippen LogP contribution is 2.43. The van der Waals surface area contributed by atoms with Crippen molar-refractivity contribution >= 4 is 61.9 Å². The summed E-state index contributed by atoms with van der Waals surface area (Å²) in [6, 6.07) is 21.8. The van der Waals surface area contributed by atoms with E-state index in [9.17, 15) is 19.1 Å². The predicted molar refractivity (Wildman–Crippen MR) is 150 cm³/mol. The molecule has 0 fully saturated rings. The zero-order valence-corrected chi connectivity index (χ0v) is 22.8. The Labute approximate surface area is 234 Å². The second kappa shape index (κ2) is 11.4. The maximum atomic E-state index is 13.3. The van der Waals surface area contributed by atoms with Crippen LogP contribution in [0.25, 0.3) is 6.08 Å². The standard InChI is InChI=1S/C28H19BrFN3O3S2/c29-20-8-4-7-19(15-20)24-23(22(34)14-11-17-5-2-1-3-6-17)25(35)26(36)33(24)27-31-32-28(38-27)37-16-18-9-12-21(30)13-10-18/h1-15,24,35H,16H2/b14-11+. The Hall–Kier alpha value is -3.60. The molecule has 2 heterocycles. The largest absolute Gasteiger partial charge is 0.503 e. The number of allylic oxidation sites excluding steroid dienone is 1. The van der Waals surface area contributed by atoms with E-state index in [4.69, 9.17) is 0 Å². The molecule has 0 bridgehead atoms. The van der Waals surface area contributed by atoms with Gasteiger partial charge in [0.25, 0.3) is 5.91 Å². The summed E-state index contributed by atoms with van der Waals surface area (Å²) < 4.78 is 14.5. The molecule has 3 aromatic carbocycles. The maximum Gasteiger partial charge on any atom is 0.296 e. The van der Waals surface area contributed by atoms with E-state index in [-0.39, 0.29) is 16.5 Å². The van der Waals surface area contributed by atoms with Crippen LogP contribution in [0.15, 0.2) is 105 Å². The summed E-state index contributed by atoms with van der Waals surface area (Å²) in [5.74, 6) is -1.59. The van der Waals surface area contributed by atoms with Crippen LogP contribution in [0.3, 0.4) is 0 Å². The summed E-state index contributed by atoms with van der Waals surface area (Å²) in [6.07, 6.45) is 3.00. The number of aromatic nitrogens is 2. The first kappa shape index (κ1) is 26.0. The van der Waals surface area contributed by atoms with Crippen LogP contribution >= 0.6 is 39.0 Å². The van der Waals surface area contributed by atoms with E-state index in [0.717, 1.165) is 15.6 Å². The van der Waals surface area contributed by atoms with E-state index < -0.39 is 23.5 Å². The lowest BCUT2D eigenvalue weighted by atomic mass is 9.96. The molecule has 38 heavy (non-hydrogen) atoms. The number of aliphatic hydroxyl groups is 1. The first-order chi connectivity index (χ1) is 18.4. The van der Waals surface area contributed by atoms with Gasteiger partial charge in [-0.25, -0.2) is 4.39 Å². The van der Waals surface area contributed by atoms with Crippen molar-refractivity contribution in [1.82, 2.24) is 10.2 Å². The summed E-state index contributed by atoms with van der Waals surface area (Å²) >= 11 is 6.03. The lowest BCUT2D eigenvalue weighted by Crippen LogP contribution is -2.30. The number of hydrogen-bond donors (Lipinski definition) is 1. The number of aliphatic hydroxyl groups excluding tert-OH is 1. The average Bonchev–Trinajstić information content (AvgIpc) is 3.49. The lowest BCUT2D eigenvalue weighted by Gasteiger charge is -2.23. The fraction of sp³-hybridized carbons (Fsp3) is 0.0714. The molecule has 1 aliphatic rings. The Kier molecular flexibility index (Phi) is 7.82. The number of anilines is 1. The lowest BCUT2D eigenvalue weighted by molar-refractivity contribution is -0.117. The van der Waals surface area contributed by atoms with E-state index in [0.29, 0.717) is 15.7 Å². The highest BCUT2D eigenvalue weighted by molar-refractivity contribution is 9.10. The second-order valence-electron chi connectivity index (χ2n) is 8.27. The summed E-state index contributed by atoms with van der Waals surface area (Å²) in [4.78, 5) is 28.0. The number of carbonyl (C=O) groups is 2. The number of carbonyl (C=O) groups excluding carboxylic acids is 2. The fourth-order valence-electron chi connectivity index (χ4n) is 3.96. The number of rotatable bonds is 8. The summed E-state index contributed by atoms with van der Waals surface area (Å²) in [5.41, 5.74) is 2.32. The summed E-state index contributed by atoms with van der Waals surface area (Å²) in [7, 11) is 0. The van der Waals surface area contributed by atoms with Gasteiger partial charge in [0.2, 0.25) is 5.13 Å². The van der Waals surface area contributed by atoms with Gasteiger partial charge in [0, 0.05) is 10.2 Å². The monoisotopic (exact) mass is 607 g/mol. The SMILES string of the molecule is O=C(/C=C/c1ccccc1)C1=C(O)C(=O)N(c2nnc(SCc3ccc(F)cc3)s2)C1c1cccc(Br)c1. The number of nitrogens with zero attached hydrogens (tertiary/aromatic N) is 3. The van der Waals surface area contributed by atoms with Crippen molar-refractivity contribution in [1.29, 1.82) is 0 Å². The van der Waals surface area contributed by atoms with E-state index in [1.54, 1.807) is 36.4 Å². The number of benzene rings is 3. The molecule has 0 spiro atoms. The third-order valence-electron chi connectivity index (χ3n) is 5.74. The molecule has 1 atom stereocenters. The van der Waals surface area contributed by atoms with Crippen molar-refractivity contribution in [2.24, 2.45) is 0 Å². The van der Waals surface area contributed by atoms with Crippen molar-refractivity contribution in [3.63, 3.8) is 0 Å². The zero-order valence-electron chi connectivity index (χ0n) is 19.6. The van der Waals surface area contributed by atoms with E-state index >= 15 is 0 Å². The van der Waals surface area contributed by atoms with Gasteiger partial charge in [0.1, 0.15) is 5.82 Å². The number of halogens is 2. The highest BCUT2D eigenvalue weighted by atomic mass is 79.9. The third kappa shape index (κ3) is 5.62. The topological polar surface area (TPSA) is 83.4 Å². The molecule has 4 aromatic rings. The second-order valence-corrected chi connectivity index (χ2v) is 11.4. The Morgan fingerprint density at radius 2 is 1.84 bits per heavy atom. The van der Waals surface area contributed by atoms with Crippen LogP contribution in [-0.2, 0) is 15.3 Å². The van der Waals surface area contributed by atoms with Crippen molar-refractivity contribution in [2.75, 3.05) is 4.90 Å². The van der Waals surface area contributed by atoms with Crippen LogP contribution in [0.1, 0.15) is 22.7 Å². The van der Waals surface area contributed by atoms with Gasteiger partial charge < -0.3 is 5.11 Å². The van der Waals surface area contributed by atoms with Gasteiger partial charge in [0.05, 0.1) is 11.6 Å². The highest BCUT2D eigenvalue weighted by Gasteiger charge is 2.45. The smallest absolute Gasteiger partial charge is 0.296 e. The molecular weight excluding hydrogens is 589 g/mol. The van der Waals surface area contributed by atoms with Crippen LogP contribution in [0.5, 0.6) is 0 Å². The number of thioether (sulfide) groups is 1. The third-order valence-corrected chi connectivity index (χ3v) is 8.36. The normalized spacial score (nSPS) is 15.6. The van der Waals surface area contributed by atoms with Gasteiger partial charge >= 0.3 is 0 Å². The van der Waals surface area contributed by atoms with Gasteiger partial charge in [0.15, 0.2) is 15.9 Å². The van der Waals surface area contributed by atoms with Crippen LogP contribution in [0.2, 0.25) is 0 Å². The minimum absolute atomic E-state index is 0.0315. The number of amides is 1. The van der Waals surface area contributed by atoms with E-state index in [2.05, 4.69) is 26.1 Å². The molecule has 1 unspecified atom stereocenters. The van der Waals surface area contributed by atoms with Gasteiger partial charge in [-0.15, -0.1) is 10.2 Å². The predicted octanol–water partition coefficient (Wildman–Crippen LogP) is 6.91. The van der Waals surface area contributed by atoms with Crippen LogP contribution < -0.4 is 4.90 Å². The summed E-state index contributed by atoms with van der Waals surface area (Å²) in [5, 5.41) is 19.5. The molecule has 1 aliphatic heterocycles. The van der Waals surface area contributed by atoms with Crippen LogP contribution in [0.4, 0.5) is 9.52 Å². The molecule has 10 heteroatoms. The molecule has 0 radical (unpaired) electrons. The quantitative estimate of drug-likeness (QED) is 0.133. The van der Waals surface area contributed by atoms with Gasteiger partial charge in [-0.3, -0.25) is 14.5 Å². The zero-order chi connectivity index (χ0) is 26.6. The molecular formula is C28H19BrFN3O3S2. The Morgan fingerprint density at radius 3 is 2.58 bits per heavy atom. The minimum atomic E-state index is -0.893. The molecule has 0 aliphatic carbocycles. The molecule has 5 rings (SSSR count). The van der Waals surface area contributed by atoms with Crippen molar-refractivity contribution < 1.29 is 19.1 Å². The van der Waals surface area contributed by atoms with Crippen molar-refractivity contribution in [2.45, 2.75) is 16.1 Å². The first-order valence-corrected chi connectivity index (χ1v) is 14.0. The van der Waals surface area contributed by atoms with Gasteiger partial charge in [-0.2, -0.15) is 0 Å². The van der Waals surface area contributed by atoms with Crippen molar-refractivity contribution in [3.8, 4) is 0 Å². The molecule has 0 saturated heterocycles. The Morgan fingerprint density at radius 1 is 1.08 bits per heavy atom. The summed E-state index contributed by atoms with van der Waals surface area (Å²) in [6.45, 7) is 0. The van der Waals surface area contributed by atoms with Gasteiger partial charge in [-0.1, -0.05) is 99.7 Å². The Bertz CT molecular complexity index is 1560. The molecule has 0 saturated carbocycles. The minimum Gasteiger partial charge on any atom is -0.503 e. The van der Waals surface area contributed by atoms with E-state index in [1.807, 2.05) is 36.4 Å². The molecule has 1 aromatic heterocycles. The van der Waals surface area contributed by atoms with Crippen LogP contribution in [-0.4, -0.2) is 27.0 Å². The molecule has 1 amide bonds. The maximum absolute atomic E-state index is 13.3. The van der Waals surface area contributed by atoms with E-state index in [1.165, 1.54) is 46.2 Å². The number of ketones is 1.